The number of aliphatic hydroxyl groups is 1. The monoisotopic (exact) mass is 309 g/mol. The molecule has 122 valence electrons. The molecule has 1 amide bonds. The maximum absolute atomic E-state index is 13.2. The van der Waals surface area contributed by atoms with Gasteiger partial charge in [0.1, 0.15) is 5.82 Å². The first-order valence-electron chi connectivity index (χ1n) is 7.76. The minimum absolute atomic E-state index is 0.0803. The van der Waals surface area contributed by atoms with Gasteiger partial charge in [-0.15, -0.1) is 0 Å². The highest BCUT2D eigenvalue weighted by Crippen LogP contribution is 2.35. The molecule has 0 spiro atoms. The topological polar surface area (TPSA) is 58.6 Å². The summed E-state index contributed by atoms with van der Waals surface area (Å²) in [4.78, 5) is 12.8. The normalized spacial score (nSPS) is 19.0. The number of rotatable bonds is 5. The molecular weight excluding hydrogens is 285 g/mol. The minimum atomic E-state index is -0.706. The van der Waals surface area contributed by atoms with Crippen LogP contribution in [0.1, 0.15) is 32.3 Å². The quantitative estimate of drug-likeness (QED) is 0.875. The van der Waals surface area contributed by atoms with E-state index in [1.807, 2.05) is 13.8 Å². The van der Waals surface area contributed by atoms with Crippen molar-refractivity contribution in [3.05, 3.63) is 35.6 Å². The molecular formula is C17H24FNO3. The Morgan fingerprint density at radius 2 is 1.91 bits per heavy atom. The van der Waals surface area contributed by atoms with Crippen LogP contribution in [-0.4, -0.2) is 36.9 Å². The molecule has 0 saturated carbocycles. The zero-order valence-corrected chi connectivity index (χ0v) is 13.1. The molecule has 1 aromatic rings. The van der Waals surface area contributed by atoms with Crippen molar-refractivity contribution < 1.29 is 19.0 Å². The van der Waals surface area contributed by atoms with Gasteiger partial charge in [0.05, 0.1) is 11.5 Å². The lowest BCUT2D eigenvalue weighted by molar-refractivity contribution is -0.131. The van der Waals surface area contributed by atoms with Crippen molar-refractivity contribution in [2.45, 2.75) is 38.2 Å². The molecule has 0 bridgehead atoms. The summed E-state index contributed by atoms with van der Waals surface area (Å²) < 4.78 is 18.5. The van der Waals surface area contributed by atoms with Gasteiger partial charge in [-0.05, 0) is 36.5 Å². The average Bonchev–Trinajstić information content (AvgIpc) is 2.53. The van der Waals surface area contributed by atoms with Crippen LogP contribution in [-0.2, 0) is 14.9 Å². The fourth-order valence-electron chi connectivity index (χ4n) is 2.74. The third kappa shape index (κ3) is 3.65. The fraction of sp³-hybridized carbons (Fsp3) is 0.588. The number of hydrogen-bond acceptors (Lipinski definition) is 3. The van der Waals surface area contributed by atoms with Crippen LogP contribution in [0.25, 0.3) is 0 Å². The van der Waals surface area contributed by atoms with E-state index in [-0.39, 0.29) is 24.2 Å². The molecule has 2 rings (SSSR count). The second kappa shape index (κ2) is 7.20. The highest BCUT2D eigenvalue weighted by molar-refractivity contribution is 5.88. The van der Waals surface area contributed by atoms with Gasteiger partial charge in [0.25, 0.3) is 0 Å². The number of halogens is 1. The van der Waals surface area contributed by atoms with Gasteiger partial charge in [0.2, 0.25) is 5.91 Å². The van der Waals surface area contributed by atoms with Crippen LogP contribution in [0.4, 0.5) is 4.39 Å². The highest BCUT2D eigenvalue weighted by atomic mass is 19.1. The van der Waals surface area contributed by atoms with Crippen LogP contribution in [0.5, 0.6) is 0 Å². The molecule has 1 fully saturated rings. The maximum Gasteiger partial charge on any atom is 0.230 e. The second-order valence-corrected chi connectivity index (χ2v) is 6.22. The van der Waals surface area contributed by atoms with Crippen molar-refractivity contribution in [2.24, 2.45) is 5.92 Å². The number of carbonyl (C=O) groups is 1. The number of nitrogens with one attached hydrogen (secondary N) is 1. The first-order chi connectivity index (χ1) is 10.5. The molecule has 0 aliphatic carbocycles. The molecule has 0 aromatic heterocycles. The van der Waals surface area contributed by atoms with E-state index >= 15 is 0 Å². The molecule has 1 aliphatic heterocycles. The molecule has 0 radical (unpaired) electrons. The van der Waals surface area contributed by atoms with Crippen LogP contribution in [0, 0.1) is 11.7 Å². The van der Waals surface area contributed by atoms with Gasteiger partial charge in [-0.1, -0.05) is 26.0 Å². The molecule has 1 aromatic carbocycles. The standard InChI is InChI=1S/C17H24FNO3/c1-12(2)15(20)11-19-16(21)17(7-9-22-10-8-17)13-3-5-14(18)6-4-13/h3-6,12,15,20H,7-11H2,1-2H3,(H,19,21). The summed E-state index contributed by atoms with van der Waals surface area (Å²) >= 11 is 0. The zero-order chi connectivity index (χ0) is 16.2. The first-order valence-corrected chi connectivity index (χ1v) is 7.76. The van der Waals surface area contributed by atoms with E-state index in [1.54, 1.807) is 12.1 Å². The van der Waals surface area contributed by atoms with E-state index in [1.165, 1.54) is 12.1 Å². The summed E-state index contributed by atoms with van der Waals surface area (Å²) in [5, 5.41) is 12.7. The number of amides is 1. The van der Waals surface area contributed by atoms with E-state index in [0.717, 1.165) is 5.56 Å². The van der Waals surface area contributed by atoms with E-state index in [9.17, 15) is 14.3 Å². The van der Waals surface area contributed by atoms with Gasteiger partial charge in [-0.3, -0.25) is 4.79 Å². The Labute approximate surface area is 130 Å². The summed E-state index contributed by atoms with van der Waals surface area (Å²) in [6.45, 7) is 5.03. The van der Waals surface area contributed by atoms with Crippen LogP contribution in [0.2, 0.25) is 0 Å². The third-order valence-electron chi connectivity index (χ3n) is 4.42. The Bertz CT molecular complexity index is 495. The van der Waals surface area contributed by atoms with E-state index in [4.69, 9.17) is 4.74 Å². The predicted octanol–water partition coefficient (Wildman–Crippen LogP) is 2.01. The molecule has 1 aliphatic rings. The maximum atomic E-state index is 13.2. The van der Waals surface area contributed by atoms with Crippen molar-refractivity contribution in [3.8, 4) is 0 Å². The Morgan fingerprint density at radius 3 is 2.45 bits per heavy atom. The smallest absolute Gasteiger partial charge is 0.230 e. The average molecular weight is 309 g/mol. The van der Waals surface area contributed by atoms with E-state index in [0.29, 0.717) is 26.1 Å². The fourth-order valence-corrected chi connectivity index (χ4v) is 2.74. The molecule has 1 heterocycles. The molecule has 1 saturated heterocycles. The van der Waals surface area contributed by atoms with Gasteiger partial charge >= 0.3 is 0 Å². The summed E-state index contributed by atoms with van der Waals surface area (Å²) in [6.07, 6.45) is 0.541. The Kier molecular flexibility index (Phi) is 5.53. The Hall–Kier alpha value is -1.46. The number of carbonyl (C=O) groups excluding carboxylic acids is 1. The van der Waals surface area contributed by atoms with Gasteiger partial charge < -0.3 is 15.2 Å². The number of ether oxygens (including phenoxy) is 1. The van der Waals surface area contributed by atoms with Crippen molar-refractivity contribution in [3.63, 3.8) is 0 Å². The van der Waals surface area contributed by atoms with Crippen molar-refractivity contribution in [1.29, 1.82) is 0 Å². The van der Waals surface area contributed by atoms with Crippen molar-refractivity contribution in [1.82, 2.24) is 5.32 Å². The Morgan fingerprint density at radius 1 is 1.32 bits per heavy atom. The first kappa shape index (κ1) is 16.9. The van der Waals surface area contributed by atoms with Crippen molar-refractivity contribution >= 4 is 5.91 Å². The minimum Gasteiger partial charge on any atom is -0.391 e. The van der Waals surface area contributed by atoms with Crippen LogP contribution >= 0.6 is 0 Å². The second-order valence-electron chi connectivity index (χ2n) is 6.22. The largest absolute Gasteiger partial charge is 0.391 e. The number of hydrogen-bond donors (Lipinski definition) is 2. The molecule has 1 atom stereocenters. The van der Waals surface area contributed by atoms with Crippen LogP contribution < -0.4 is 5.32 Å². The van der Waals surface area contributed by atoms with Crippen LogP contribution in [0.15, 0.2) is 24.3 Å². The van der Waals surface area contributed by atoms with E-state index in [2.05, 4.69) is 5.32 Å². The third-order valence-corrected chi connectivity index (χ3v) is 4.42. The molecule has 5 heteroatoms. The van der Waals surface area contributed by atoms with Crippen LogP contribution in [0.3, 0.4) is 0 Å². The summed E-state index contributed by atoms with van der Waals surface area (Å²) in [6, 6.07) is 6.09. The van der Waals surface area contributed by atoms with Gasteiger partial charge in [-0.2, -0.15) is 0 Å². The van der Waals surface area contributed by atoms with Gasteiger partial charge in [0, 0.05) is 19.8 Å². The lowest BCUT2D eigenvalue weighted by Crippen LogP contribution is -2.50. The summed E-state index contributed by atoms with van der Waals surface area (Å²) in [5.41, 5.74) is 0.0941. The molecule has 2 N–H and O–H groups in total. The lowest BCUT2D eigenvalue weighted by atomic mass is 9.73. The van der Waals surface area contributed by atoms with Crippen molar-refractivity contribution in [2.75, 3.05) is 19.8 Å². The van der Waals surface area contributed by atoms with E-state index < -0.39 is 11.5 Å². The molecule has 22 heavy (non-hydrogen) atoms. The number of benzene rings is 1. The lowest BCUT2D eigenvalue weighted by Gasteiger charge is -2.36. The predicted molar refractivity (Wildman–Crippen MR) is 82.0 cm³/mol. The summed E-state index contributed by atoms with van der Waals surface area (Å²) in [5.74, 6) is -0.361. The van der Waals surface area contributed by atoms with Gasteiger partial charge in [0.15, 0.2) is 0 Å². The molecule has 1 unspecified atom stereocenters. The Balaban J connectivity index is 2.18. The number of aliphatic hydroxyl groups excluding tert-OH is 1. The zero-order valence-electron chi connectivity index (χ0n) is 13.1. The molecule has 4 nitrogen and oxygen atoms in total. The SMILES string of the molecule is CC(C)C(O)CNC(=O)C1(c2ccc(F)cc2)CCOCC1. The van der Waals surface area contributed by atoms with Gasteiger partial charge in [-0.25, -0.2) is 4.39 Å². The summed E-state index contributed by atoms with van der Waals surface area (Å²) in [7, 11) is 0. The highest BCUT2D eigenvalue weighted by Gasteiger charge is 2.41.